The molecular weight excluding hydrogens is 220 g/mol. The molecule has 1 aliphatic carbocycles. The van der Waals surface area contributed by atoms with Crippen LogP contribution in [0.4, 0.5) is 0 Å². The molecule has 0 aromatic rings. The van der Waals surface area contributed by atoms with Gasteiger partial charge in [-0.25, -0.2) is 0 Å². The van der Waals surface area contributed by atoms with Crippen LogP contribution in [0, 0.1) is 0 Å². The lowest BCUT2D eigenvalue weighted by molar-refractivity contribution is 0.204. The molecule has 0 fully saturated rings. The predicted molar refractivity (Wildman–Crippen MR) is 71.6 cm³/mol. The number of methoxy groups -OCH3 is 1. The summed E-state index contributed by atoms with van der Waals surface area (Å²) < 4.78 is 4.93. The van der Waals surface area contributed by atoms with Crippen molar-refractivity contribution in [3.05, 3.63) is 11.6 Å². The van der Waals surface area contributed by atoms with Gasteiger partial charge in [0.15, 0.2) is 5.11 Å². The minimum atomic E-state index is 0.687. The maximum atomic E-state index is 5.14. The van der Waals surface area contributed by atoms with Gasteiger partial charge in [-0.1, -0.05) is 11.6 Å². The van der Waals surface area contributed by atoms with Gasteiger partial charge >= 0.3 is 0 Å². The van der Waals surface area contributed by atoms with Gasteiger partial charge in [-0.2, -0.15) is 0 Å². The topological polar surface area (TPSA) is 33.3 Å². The normalized spacial score (nSPS) is 15.4. The molecule has 4 heteroatoms. The van der Waals surface area contributed by atoms with E-state index in [1.165, 1.54) is 25.7 Å². The molecule has 1 rings (SSSR count). The standard InChI is InChI=1S/C12H22N2OS/c1-15-10-9-14-12(16)13-8-7-11-5-3-2-4-6-11/h5H,2-4,6-10H2,1H3,(H2,13,14,16). The van der Waals surface area contributed by atoms with Crippen molar-refractivity contribution < 1.29 is 4.74 Å². The number of hydrogen-bond acceptors (Lipinski definition) is 2. The Hall–Kier alpha value is -0.610. The van der Waals surface area contributed by atoms with Crippen LogP contribution in [-0.4, -0.2) is 31.9 Å². The molecule has 0 aliphatic heterocycles. The van der Waals surface area contributed by atoms with Crippen molar-refractivity contribution in [3.8, 4) is 0 Å². The van der Waals surface area contributed by atoms with E-state index in [-0.39, 0.29) is 0 Å². The molecule has 0 amide bonds. The predicted octanol–water partition coefficient (Wildman–Crippen LogP) is 1.99. The molecule has 92 valence electrons. The Morgan fingerprint density at radius 2 is 2.19 bits per heavy atom. The number of nitrogens with one attached hydrogen (secondary N) is 2. The number of rotatable bonds is 6. The first-order valence-electron chi connectivity index (χ1n) is 6.01. The van der Waals surface area contributed by atoms with Gasteiger partial charge in [-0.3, -0.25) is 0 Å². The van der Waals surface area contributed by atoms with Crippen LogP contribution in [0.1, 0.15) is 32.1 Å². The summed E-state index contributed by atoms with van der Waals surface area (Å²) in [6, 6.07) is 0. The SMILES string of the molecule is COCCNC(=S)NCCC1=CCCCC1. The Morgan fingerprint density at radius 1 is 1.38 bits per heavy atom. The molecule has 0 heterocycles. The monoisotopic (exact) mass is 242 g/mol. The fourth-order valence-electron chi connectivity index (χ4n) is 1.80. The smallest absolute Gasteiger partial charge is 0.166 e. The third kappa shape index (κ3) is 6.08. The molecule has 0 saturated carbocycles. The molecule has 1 aliphatic rings. The van der Waals surface area contributed by atoms with E-state index in [0.717, 1.165) is 24.6 Å². The molecule has 0 unspecified atom stereocenters. The second-order valence-corrected chi connectivity index (χ2v) is 4.44. The number of hydrogen-bond donors (Lipinski definition) is 2. The highest BCUT2D eigenvalue weighted by Gasteiger charge is 2.03. The van der Waals surface area contributed by atoms with Crippen LogP contribution < -0.4 is 10.6 Å². The van der Waals surface area contributed by atoms with Gasteiger partial charge in [-0.05, 0) is 44.3 Å². The van der Waals surface area contributed by atoms with Crippen LogP contribution >= 0.6 is 12.2 Å². The second-order valence-electron chi connectivity index (χ2n) is 4.03. The van der Waals surface area contributed by atoms with Crippen molar-refractivity contribution in [1.82, 2.24) is 10.6 Å². The Kier molecular flexibility index (Phi) is 7.17. The average molecular weight is 242 g/mol. The zero-order valence-corrected chi connectivity index (χ0v) is 10.9. The van der Waals surface area contributed by atoms with E-state index in [1.54, 1.807) is 12.7 Å². The lowest BCUT2D eigenvalue weighted by Crippen LogP contribution is -2.37. The van der Waals surface area contributed by atoms with Crippen molar-refractivity contribution in [1.29, 1.82) is 0 Å². The van der Waals surface area contributed by atoms with E-state index in [4.69, 9.17) is 17.0 Å². The Morgan fingerprint density at radius 3 is 2.88 bits per heavy atom. The number of thiocarbonyl (C=S) groups is 1. The summed E-state index contributed by atoms with van der Waals surface area (Å²) in [7, 11) is 1.69. The second kappa shape index (κ2) is 8.53. The van der Waals surface area contributed by atoms with Gasteiger partial charge in [0.2, 0.25) is 0 Å². The van der Waals surface area contributed by atoms with Gasteiger partial charge < -0.3 is 15.4 Å². The quantitative estimate of drug-likeness (QED) is 0.424. The molecule has 3 nitrogen and oxygen atoms in total. The van der Waals surface area contributed by atoms with Crippen molar-refractivity contribution in [2.45, 2.75) is 32.1 Å². The minimum Gasteiger partial charge on any atom is -0.383 e. The number of allylic oxidation sites excluding steroid dienone is 1. The van der Waals surface area contributed by atoms with E-state index in [1.807, 2.05) is 0 Å². The van der Waals surface area contributed by atoms with E-state index < -0.39 is 0 Å². The van der Waals surface area contributed by atoms with E-state index in [9.17, 15) is 0 Å². The molecule has 0 bridgehead atoms. The highest BCUT2D eigenvalue weighted by Crippen LogP contribution is 2.19. The van der Waals surface area contributed by atoms with E-state index in [2.05, 4.69) is 16.7 Å². The van der Waals surface area contributed by atoms with E-state index >= 15 is 0 Å². The molecular formula is C12H22N2OS. The molecule has 2 N–H and O–H groups in total. The third-order valence-corrected chi connectivity index (χ3v) is 3.00. The summed E-state index contributed by atoms with van der Waals surface area (Å²) in [5.41, 5.74) is 1.58. The van der Waals surface area contributed by atoms with Gasteiger partial charge in [-0.15, -0.1) is 0 Å². The lowest BCUT2D eigenvalue weighted by atomic mass is 9.97. The summed E-state index contributed by atoms with van der Waals surface area (Å²) in [6.07, 6.45) is 8.73. The maximum absolute atomic E-state index is 5.14. The minimum absolute atomic E-state index is 0.687. The van der Waals surface area contributed by atoms with Crippen molar-refractivity contribution in [3.63, 3.8) is 0 Å². The Bertz CT molecular complexity index is 241. The lowest BCUT2D eigenvalue weighted by Gasteiger charge is -2.14. The van der Waals surface area contributed by atoms with Crippen LogP contribution in [0.5, 0.6) is 0 Å². The van der Waals surface area contributed by atoms with Gasteiger partial charge in [0, 0.05) is 20.2 Å². The van der Waals surface area contributed by atoms with Crippen LogP contribution in [0.25, 0.3) is 0 Å². The molecule has 0 saturated heterocycles. The summed E-state index contributed by atoms with van der Waals surface area (Å²) in [5, 5.41) is 7.04. The van der Waals surface area contributed by atoms with Gasteiger partial charge in [0.25, 0.3) is 0 Å². The van der Waals surface area contributed by atoms with Crippen LogP contribution in [0.15, 0.2) is 11.6 Å². The van der Waals surface area contributed by atoms with Crippen LogP contribution in [-0.2, 0) is 4.74 Å². The maximum Gasteiger partial charge on any atom is 0.166 e. The summed E-state index contributed by atoms with van der Waals surface area (Å²) >= 11 is 5.14. The van der Waals surface area contributed by atoms with Gasteiger partial charge in [0.05, 0.1) is 6.61 Å². The third-order valence-electron chi connectivity index (χ3n) is 2.71. The number of ether oxygens (including phenoxy) is 1. The van der Waals surface area contributed by atoms with E-state index in [0.29, 0.717) is 6.61 Å². The van der Waals surface area contributed by atoms with Crippen LogP contribution in [0.3, 0.4) is 0 Å². The average Bonchev–Trinajstić information content (AvgIpc) is 2.31. The van der Waals surface area contributed by atoms with Crippen LogP contribution in [0.2, 0.25) is 0 Å². The molecule has 0 radical (unpaired) electrons. The fraction of sp³-hybridized carbons (Fsp3) is 0.750. The van der Waals surface area contributed by atoms with Crippen molar-refractivity contribution >= 4 is 17.3 Å². The Labute approximate surface area is 104 Å². The summed E-state index contributed by atoms with van der Waals surface area (Å²) in [5.74, 6) is 0. The molecule has 0 aromatic heterocycles. The zero-order chi connectivity index (χ0) is 11.6. The van der Waals surface area contributed by atoms with Gasteiger partial charge in [0.1, 0.15) is 0 Å². The fourth-order valence-corrected chi connectivity index (χ4v) is 2.00. The van der Waals surface area contributed by atoms with Crippen molar-refractivity contribution in [2.75, 3.05) is 26.8 Å². The Balaban J connectivity index is 2.01. The van der Waals surface area contributed by atoms with Crippen molar-refractivity contribution in [2.24, 2.45) is 0 Å². The highest BCUT2D eigenvalue weighted by molar-refractivity contribution is 7.80. The summed E-state index contributed by atoms with van der Waals surface area (Å²) in [4.78, 5) is 0. The largest absolute Gasteiger partial charge is 0.383 e. The molecule has 0 spiro atoms. The first kappa shape index (κ1) is 13.5. The zero-order valence-electron chi connectivity index (χ0n) is 10.1. The highest BCUT2D eigenvalue weighted by atomic mass is 32.1. The molecule has 0 aromatic carbocycles. The molecule has 0 atom stereocenters. The molecule has 16 heavy (non-hydrogen) atoms. The first-order chi connectivity index (χ1) is 7.83. The first-order valence-corrected chi connectivity index (χ1v) is 6.42. The summed E-state index contributed by atoms with van der Waals surface area (Å²) in [6.45, 7) is 2.39.